The molecule has 0 aliphatic carbocycles. The van der Waals surface area contributed by atoms with Crippen molar-refractivity contribution in [3.63, 3.8) is 0 Å². The second kappa shape index (κ2) is 9.27. The minimum absolute atomic E-state index is 0.187. The van der Waals surface area contributed by atoms with Crippen LogP contribution in [0.25, 0.3) is 28.2 Å². The number of aryl methyl sites for hydroxylation is 1. The highest BCUT2D eigenvalue weighted by Gasteiger charge is 2.23. The lowest BCUT2D eigenvalue weighted by atomic mass is 10.0. The van der Waals surface area contributed by atoms with Crippen molar-refractivity contribution in [3.05, 3.63) is 90.0 Å². The lowest BCUT2D eigenvalue weighted by Crippen LogP contribution is -2.13. The molecule has 1 aliphatic rings. The molecule has 0 bridgehead atoms. The molecule has 6 nitrogen and oxygen atoms in total. The first-order chi connectivity index (χ1) is 16.7. The summed E-state index contributed by atoms with van der Waals surface area (Å²) in [5.41, 5.74) is 4.08. The number of hydrogen-bond acceptors (Lipinski definition) is 5. The highest BCUT2D eigenvalue weighted by Crippen LogP contribution is 2.35. The summed E-state index contributed by atoms with van der Waals surface area (Å²) in [6.07, 6.45) is 2.92. The Bertz CT molecular complexity index is 1400. The van der Waals surface area contributed by atoms with E-state index < -0.39 is 5.97 Å². The van der Waals surface area contributed by atoms with Gasteiger partial charge in [0.2, 0.25) is 12.6 Å². The number of nitrogens with zero attached hydrogens (tertiary/aromatic N) is 1. The zero-order valence-electron chi connectivity index (χ0n) is 18.7. The molecule has 4 aromatic rings. The van der Waals surface area contributed by atoms with E-state index in [1.165, 1.54) is 6.08 Å². The summed E-state index contributed by atoms with van der Waals surface area (Å²) >= 11 is 0. The highest BCUT2D eigenvalue weighted by atomic mass is 16.7. The number of hydrogen-bond donors (Lipinski definition) is 0. The van der Waals surface area contributed by atoms with Gasteiger partial charge in [0.15, 0.2) is 18.1 Å². The van der Waals surface area contributed by atoms with Crippen LogP contribution in [-0.2, 0) is 16.1 Å². The van der Waals surface area contributed by atoms with Gasteiger partial charge in [0.25, 0.3) is 0 Å². The van der Waals surface area contributed by atoms with Crippen LogP contribution in [-0.4, -0.2) is 29.7 Å². The lowest BCUT2D eigenvalue weighted by Gasteiger charge is -2.10. The Hall–Kier alpha value is -4.32. The molecule has 0 saturated heterocycles. The summed E-state index contributed by atoms with van der Waals surface area (Å²) < 4.78 is 18.1. The average molecular weight is 453 g/mol. The molecule has 5 rings (SSSR count). The Morgan fingerprint density at radius 3 is 2.56 bits per heavy atom. The van der Waals surface area contributed by atoms with Gasteiger partial charge in [0.1, 0.15) is 0 Å². The number of ether oxygens (including phenoxy) is 3. The lowest BCUT2D eigenvalue weighted by molar-refractivity contribution is -0.136. The van der Waals surface area contributed by atoms with Crippen LogP contribution in [0.5, 0.6) is 11.5 Å². The Morgan fingerprint density at radius 1 is 0.971 bits per heavy atom. The van der Waals surface area contributed by atoms with Crippen LogP contribution in [0.15, 0.2) is 78.9 Å². The highest BCUT2D eigenvalue weighted by molar-refractivity contribution is 6.14. The van der Waals surface area contributed by atoms with E-state index in [4.69, 9.17) is 14.2 Å². The third-order valence-electron chi connectivity index (χ3n) is 5.77. The van der Waals surface area contributed by atoms with Gasteiger partial charge in [0, 0.05) is 23.5 Å². The van der Waals surface area contributed by atoms with Gasteiger partial charge in [-0.2, -0.15) is 0 Å². The largest absolute Gasteiger partial charge is 0.454 e. The fourth-order valence-electron chi connectivity index (χ4n) is 4.25. The number of carbonyl (C=O) groups is 2. The first-order valence-corrected chi connectivity index (χ1v) is 11.1. The Morgan fingerprint density at radius 2 is 1.74 bits per heavy atom. The molecule has 170 valence electrons. The molecule has 0 amide bonds. The van der Waals surface area contributed by atoms with E-state index in [0.29, 0.717) is 23.6 Å². The fourth-order valence-corrected chi connectivity index (χ4v) is 4.25. The molecule has 0 atom stereocenters. The maximum atomic E-state index is 13.3. The van der Waals surface area contributed by atoms with Crippen LogP contribution < -0.4 is 9.47 Å². The third kappa shape index (κ3) is 4.06. The summed E-state index contributed by atoms with van der Waals surface area (Å²) in [6.45, 7) is 2.60. The summed E-state index contributed by atoms with van der Waals surface area (Å²) in [4.78, 5) is 25.7. The Balaban J connectivity index is 1.38. The van der Waals surface area contributed by atoms with E-state index in [-0.39, 0.29) is 19.2 Å². The quantitative estimate of drug-likeness (QED) is 0.210. The zero-order chi connectivity index (χ0) is 23.5. The van der Waals surface area contributed by atoms with Gasteiger partial charge in [-0.1, -0.05) is 54.6 Å². The van der Waals surface area contributed by atoms with Crippen LogP contribution in [0, 0.1) is 0 Å². The number of fused-ring (bicyclic) bond motifs is 2. The molecule has 34 heavy (non-hydrogen) atoms. The van der Waals surface area contributed by atoms with Gasteiger partial charge in [-0.05, 0) is 42.3 Å². The van der Waals surface area contributed by atoms with Crippen molar-refractivity contribution in [1.82, 2.24) is 4.57 Å². The van der Waals surface area contributed by atoms with E-state index in [1.807, 2.05) is 67.6 Å². The number of esters is 1. The summed E-state index contributed by atoms with van der Waals surface area (Å²) in [7, 11) is 0. The van der Waals surface area contributed by atoms with Gasteiger partial charge in [-0.25, -0.2) is 4.79 Å². The molecule has 0 radical (unpaired) electrons. The van der Waals surface area contributed by atoms with Crippen LogP contribution >= 0.6 is 0 Å². The van der Waals surface area contributed by atoms with Crippen molar-refractivity contribution in [2.24, 2.45) is 0 Å². The molecule has 1 aromatic heterocycles. The predicted molar refractivity (Wildman–Crippen MR) is 130 cm³/mol. The molecule has 0 saturated carbocycles. The van der Waals surface area contributed by atoms with Crippen molar-refractivity contribution in [2.45, 2.75) is 13.5 Å². The molecular weight excluding hydrogens is 430 g/mol. The van der Waals surface area contributed by atoms with Crippen LogP contribution in [0.4, 0.5) is 0 Å². The molecule has 2 heterocycles. The number of aromatic nitrogens is 1. The van der Waals surface area contributed by atoms with Crippen molar-refractivity contribution in [2.75, 3.05) is 13.4 Å². The standard InChI is InChI=1S/C28H23NO5/c1-2-29-22-11-7-6-10-21(22)27(28(29)20-8-4-3-5-9-20)23(30)17-32-26(31)15-13-19-12-14-24-25(16-19)34-18-33-24/h3-16H,2,17-18H2,1H3. The van der Waals surface area contributed by atoms with E-state index in [9.17, 15) is 9.59 Å². The molecule has 3 aromatic carbocycles. The number of para-hydroxylation sites is 1. The molecule has 6 heteroatoms. The molecule has 0 spiro atoms. The second-order valence-electron chi connectivity index (χ2n) is 7.83. The molecule has 0 fully saturated rings. The Labute approximate surface area is 197 Å². The molecule has 1 aliphatic heterocycles. The average Bonchev–Trinajstić information content (AvgIpc) is 3.48. The second-order valence-corrected chi connectivity index (χ2v) is 7.83. The normalized spacial score (nSPS) is 12.4. The molecule has 0 unspecified atom stereocenters. The summed E-state index contributed by atoms with van der Waals surface area (Å²) in [5.74, 6) is 0.468. The van der Waals surface area contributed by atoms with Crippen LogP contribution in [0.2, 0.25) is 0 Å². The van der Waals surface area contributed by atoms with E-state index >= 15 is 0 Å². The predicted octanol–water partition coefficient (Wildman–Crippen LogP) is 5.50. The first kappa shape index (κ1) is 21.5. The monoisotopic (exact) mass is 453 g/mol. The number of benzene rings is 3. The Kier molecular flexibility index (Phi) is 5.87. The van der Waals surface area contributed by atoms with E-state index in [2.05, 4.69) is 4.57 Å². The maximum Gasteiger partial charge on any atom is 0.331 e. The SMILES string of the molecule is CCn1c(-c2ccccc2)c(C(=O)COC(=O)C=Cc2ccc3c(c2)OCO3)c2ccccc21. The van der Waals surface area contributed by atoms with Gasteiger partial charge in [-0.15, -0.1) is 0 Å². The van der Waals surface area contributed by atoms with Crippen LogP contribution in [0.1, 0.15) is 22.8 Å². The summed E-state index contributed by atoms with van der Waals surface area (Å²) in [5, 5.41) is 0.847. The van der Waals surface area contributed by atoms with Gasteiger partial charge in [-0.3, -0.25) is 4.79 Å². The minimum atomic E-state index is -0.591. The maximum absolute atomic E-state index is 13.3. The zero-order valence-corrected chi connectivity index (χ0v) is 18.7. The number of rotatable bonds is 7. The number of carbonyl (C=O) groups excluding carboxylic acids is 2. The van der Waals surface area contributed by atoms with Gasteiger partial charge >= 0.3 is 5.97 Å². The van der Waals surface area contributed by atoms with Crippen LogP contribution in [0.3, 0.4) is 0 Å². The number of ketones is 1. The van der Waals surface area contributed by atoms with Crippen molar-refractivity contribution < 1.29 is 23.8 Å². The minimum Gasteiger partial charge on any atom is -0.454 e. The molecule has 0 N–H and O–H groups in total. The van der Waals surface area contributed by atoms with E-state index in [1.54, 1.807) is 18.2 Å². The smallest absolute Gasteiger partial charge is 0.331 e. The third-order valence-corrected chi connectivity index (χ3v) is 5.77. The summed E-state index contributed by atoms with van der Waals surface area (Å²) in [6, 6.07) is 23.0. The van der Waals surface area contributed by atoms with Crippen molar-refractivity contribution in [1.29, 1.82) is 0 Å². The van der Waals surface area contributed by atoms with Gasteiger partial charge < -0.3 is 18.8 Å². The number of Topliss-reactive ketones (excluding diaryl/α,β-unsaturated/α-hetero) is 1. The van der Waals surface area contributed by atoms with Gasteiger partial charge in [0.05, 0.1) is 11.3 Å². The topological polar surface area (TPSA) is 66.8 Å². The van der Waals surface area contributed by atoms with Crippen molar-refractivity contribution in [3.8, 4) is 22.8 Å². The first-order valence-electron chi connectivity index (χ1n) is 11.1. The van der Waals surface area contributed by atoms with E-state index in [0.717, 1.165) is 27.7 Å². The van der Waals surface area contributed by atoms with Crippen molar-refractivity contribution >= 4 is 28.7 Å². The molecular formula is C28H23NO5. The fraction of sp³-hybridized carbons (Fsp3) is 0.143.